The second-order valence-electron chi connectivity index (χ2n) is 1.66. The molecule has 0 bridgehead atoms. The maximum Gasteiger partial charge on any atom is 0.312 e. The Morgan fingerprint density at radius 2 is 2.33 bits per heavy atom. The molecule has 0 fully saturated rings. The molecule has 0 rings (SSSR count). The van der Waals surface area contributed by atoms with Crippen LogP contribution in [0, 0.1) is 0 Å². The monoisotopic (exact) mass is 130 g/mol. The van der Waals surface area contributed by atoms with E-state index in [1.165, 1.54) is 4.90 Å². The molecule has 0 aromatic rings. The van der Waals surface area contributed by atoms with E-state index < -0.39 is 0 Å². The topological polar surface area (TPSA) is 29.5 Å². The number of likely N-dealkylation sites (N-methyl/N-ethyl adjacent to an activating group) is 1. The van der Waals surface area contributed by atoms with E-state index in [9.17, 15) is 4.79 Å². The highest BCUT2D eigenvalue weighted by molar-refractivity contribution is 5.47. The molecule has 0 atom stereocenters. The average molecular weight is 130 g/mol. The molecule has 0 aromatic carbocycles. The molecular formula is C6H12NO2. The SMILES string of the molecule is CCN([C]=O)CCOC. The van der Waals surface area contributed by atoms with Crippen molar-refractivity contribution < 1.29 is 9.53 Å². The Kier molecular flexibility index (Phi) is 5.21. The first-order valence-corrected chi connectivity index (χ1v) is 2.96. The number of nitrogens with zero attached hydrogens (tertiary/aromatic N) is 1. The molecule has 0 N–H and O–H groups in total. The van der Waals surface area contributed by atoms with Gasteiger partial charge in [0, 0.05) is 20.2 Å². The molecule has 0 aliphatic heterocycles. The van der Waals surface area contributed by atoms with Crippen molar-refractivity contribution in [3.8, 4) is 0 Å². The van der Waals surface area contributed by atoms with Gasteiger partial charge in [0.15, 0.2) is 0 Å². The zero-order chi connectivity index (χ0) is 7.11. The smallest absolute Gasteiger partial charge is 0.312 e. The minimum Gasteiger partial charge on any atom is -0.383 e. The maximum atomic E-state index is 9.99. The highest BCUT2D eigenvalue weighted by Crippen LogP contribution is 1.79. The van der Waals surface area contributed by atoms with Gasteiger partial charge >= 0.3 is 6.41 Å². The Morgan fingerprint density at radius 1 is 1.67 bits per heavy atom. The Hall–Kier alpha value is -0.570. The summed E-state index contributed by atoms with van der Waals surface area (Å²) in [5.41, 5.74) is 0. The molecule has 0 aliphatic rings. The maximum absolute atomic E-state index is 9.99. The molecule has 0 unspecified atom stereocenters. The third kappa shape index (κ3) is 3.97. The molecule has 9 heavy (non-hydrogen) atoms. The molecule has 53 valence electrons. The summed E-state index contributed by atoms with van der Waals surface area (Å²) >= 11 is 0. The van der Waals surface area contributed by atoms with E-state index in [-0.39, 0.29) is 0 Å². The van der Waals surface area contributed by atoms with Gasteiger partial charge in [0.1, 0.15) is 0 Å². The zero-order valence-electron chi connectivity index (χ0n) is 5.89. The number of hydrogen-bond donors (Lipinski definition) is 0. The summed E-state index contributed by atoms with van der Waals surface area (Å²) in [7, 11) is 1.61. The van der Waals surface area contributed by atoms with Gasteiger partial charge in [-0.3, -0.25) is 4.79 Å². The first-order valence-electron chi connectivity index (χ1n) is 2.96. The third-order valence-electron chi connectivity index (χ3n) is 1.08. The fraction of sp³-hybridized carbons (Fsp3) is 0.833. The molecular weight excluding hydrogens is 118 g/mol. The fourth-order valence-electron chi connectivity index (χ4n) is 0.470. The first-order chi connectivity index (χ1) is 4.35. The van der Waals surface area contributed by atoms with Crippen LogP contribution in [0.3, 0.4) is 0 Å². The van der Waals surface area contributed by atoms with Crippen LogP contribution in [-0.2, 0) is 9.53 Å². The highest BCUT2D eigenvalue weighted by Gasteiger charge is 1.95. The number of carbonyl (C=O) groups excluding carboxylic acids is 1. The van der Waals surface area contributed by atoms with E-state index in [4.69, 9.17) is 4.74 Å². The van der Waals surface area contributed by atoms with Gasteiger partial charge in [-0.2, -0.15) is 0 Å². The Labute approximate surface area is 55.6 Å². The minimum atomic E-state index is 0.586. The standard InChI is InChI=1S/C6H12NO2/c1-3-7(6-8)4-5-9-2/h3-5H2,1-2H3. The molecule has 0 aliphatic carbocycles. The Morgan fingerprint density at radius 3 is 2.67 bits per heavy atom. The quantitative estimate of drug-likeness (QED) is 0.491. The van der Waals surface area contributed by atoms with Crippen molar-refractivity contribution in [3.05, 3.63) is 0 Å². The number of rotatable bonds is 5. The molecule has 0 heterocycles. The van der Waals surface area contributed by atoms with Crippen LogP contribution in [0.5, 0.6) is 0 Å². The lowest BCUT2D eigenvalue weighted by molar-refractivity contribution is 0.176. The largest absolute Gasteiger partial charge is 0.383 e. The van der Waals surface area contributed by atoms with E-state index in [1.54, 1.807) is 13.5 Å². The van der Waals surface area contributed by atoms with Crippen molar-refractivity contribution in [1.82, 2.24) is 4.90 Å². The Bertz CT molecular complexity index is 75.5. The van der Waals surface area contributed by atoms with Gasteiger partial charge < -0.3 is 9.64 Å². The van der Waals surface area contributed by atoms with Crippen molar-refractivity contribution >= 4 is 6.41 Å². The molecule has 0 spiro atoms. The molecule has 0 aromatic heterocycles. The Balaban J connectivity index is 3.20. The van der Waals surface area contributed by atoms with Crippen LogP contribution in [0.2, 0.25) is 0 Å². The molecule has 1 radical (unpaired) electrons. The predicted molar refractivity (Wildman–Crippen MR) is 34.8 cm³/mol. The molecule has 3 heteroatoms. The van der Waals surface area contributed by atoms with Gasteiger partial charge in [-0.25, -0.2) is 0 Å². The molecule has 3 nitrogen and oxygen atoms in total. The number of ether oxygens (including phenoxy) is 1. The van der Waals surface area contributed by atoms with E-state index in [1.807, 2.05) is 6.92 Å². The highest BCUT2D eigenvalue weighted by atomic mass is 16.5. The van der Waals surface area contributed by atoms with Gasteiger partial charge in [0.25, 0.3) is 0 Å². The van der Waals surface area contributed by atoms with Crippen molar-refractivity contribution in [2.75, 3.05) is 26.8 Å². The van der Waals surface area contributed by atoms with Gasteiger partial charge in [0.2, 0.25) is 0 Å². The summed E-state index contributed by atoms with van der Waals surface area (Å²) in [5, 5.41) is 0. The normalized spacial score (nSPS) is 9.11. The predicted octanol–water partition coefficient (Wildman–Crippen LogP) is 0.0219. The minimum absolute atomic E-state index is 0.586. The second-order valence-corrected chi connectivity index (χ2v) is 1.66. The number of amides is 1. The van der Waals surface area contributed by atoms with Crippen molar-refractivity contribution in [2.24, 2.45) is 0 Å². The van der Waals surface area contributed by atoms with Crippen LogP contribution in [0.4, 0.5) is 0 Å². The lowest BCUT2D eigenvalue weighted by atomic mass is 10.5. The van der Waals surface area contributed by atoms with Crippen LogP contribution in [0.15, 0.2) is 0 Å². The fourth-order valence-corrected chi connectivity index (χ4v) is 0.470. The summed E-state index contributed by atoms with van der Waals surface area (Å²) in [5.74, 6) is 0. The lowest BCUT2D eigenvalue weighted by Gasteiger charge is -2.11. The molecule has 0 saturated heterocycles. The molecule has 1 amide bonds. The zero-order valence-corrected chi connectivity index (χ0v) is 5.89. The first kappa shape index (κ1) is 8.43. The lowest BCUT2D eigenvalue weighted by Crippen LogP contribution is -2.25. The van der Waals surface area contributed by atoms with Crippen molar-refractivity contribution in [2.45, 2.75) is 6.92 Å². The van der Waals surface area contributed by atoms with Crippen molar-refractivity contribution in [3.63, 3.8) is 0 Å². The van der Waals surface area contributed by atoms with Crippen LogP contribution in [0.25, 0.3) is 0 Å². The van der Waals surface area contributed by atoms with Crippen molar-refractivity contribution in [1.29, 1.82) is 0 Å². The van der Waals surface area contributed by atoms with Gasteiger partial charge in [-0.1, -0.05) is 0 Å². The average Bonchev–Trinajstić information content (AvgIpc) is 1.91. The van der Waals surface area contributed by atoms with Gasteiger partial charge in [-0.05, 0) is 6.92 Å². The summed E-state index contributed by atoms with van der Waals surface area (Å²) in [6.45, 7) is 3.83. The van der Waals surface area contributed by atoms with Crippen LogP contribution in [-0.4, -0.2) is 38.1 Å². The van der Waals surface area contributed by atoms with E-state index in [0.717, 1.165) is 0 Å². The number of methoxy groups -OCH3 is 1. The van der Waals surface area contributed by atoms with E-state index in [0.29, 0.717) is 19.7 Å². The second kappa shape index (κ2) is 5.56. The van der Waals surface area contributed by atoms with Crippen LogP contribution < -0.4 is 0 Å². The van der Waals surface area contributed by atoms with Crippen LogP contribution in [0.1, 0.15) is 6.92 Å². The van der Waals surface area contributed by atoms with E-state index in [2.05, 4.69) is 0 Å². The van der Waals surface area contributed by atoms with Gasteiger partial charge in [0.05, 0.1) is 6.61 Å². The summed E-state index contributed by atoms with van der Waals surface area (Å²) < 4.78 is 4.76. The van der Waals surface area contributed by atoms with E-state index >= 15 is 0 Å². The molecule has 0 saturated carbocycles. The summed E-state index contributed by atoms with van der Waals surface area (Å²) in [6.07, 6.45) is 1.79. The summed E-state index contributed by atoms with van der Waals surface area (Å²) in [6, 6.07) is 0. The van der Waals surface area contributed by atoms with Gasteiger partial charge in [-0.15, -0.1) is 0 Å². The number of hydrogen-bond acceptors (Lipinski definition) is 2. The van der Waals surface area contributed by atoms with Crippen LogP contribution >= 0.6 is 0 Å². The summed E-state index contributed by atoms with van der Waals surface area (Å²) in [4.78, 5) is 11.5. The third-order valence-corrected chi connectivity index (χ3v) is 1.08.